The molecule has 0 aliphatic heterocycles. The van der Waals surface area contributed by atoms with Crippen molar-refractivity contribution < 1.29 is 20.0 Å². The number of halogens is 4. The fourth-order valence-electron chi connectivity index (χ4n) is 2.31. The molecule has 12 heteroatoms. The molecule has 0 atom stereocenters. The topological polar surface area (TPSA) is 105 Å². The molecule has 8 nitrogen and oxygen atoms in total. The number of amides is 4. The fourth-order valence-corrected chi connectivity index (χ4v) is 3.03. The van der Waals surface area contributed by atoms with Crippen molar-refractivity contribution in [2.75, 3.05) is 23.2 Å². The van der Waals surface area contributed by atoms with Crippen LogP contribution < -0.4 is 20.8 Å². The average Bonchev–Trinajstić information content (AvgIpc) is 2.72. The molecule has 0 radical (unpaired) electrons. The Morgan fingerprint density at radius 3 is 1.47 bits per heavy atom. The van der Waals surface area contributed by atoms with E-state index in [0.29, 0.717) is 33.0 Å². The van der Waals surface area contributed by atoms with Crippen molar-refractivity contribution in [1.82, 2.24) is 10.6 Å². The normalized spacial score (nSPS) is 10.5. The van der Waals surface area contributed by atoms with E-state index in [-0.39, 0.29) is 34.5 Å². The predicted molar refractivity (Wildman–Crippen MR) is 117 cm³/mol. The third-order valence-corrected chi connectivity index (χ3v) is 4.92. The van der Waals surface area contributed by atoms with Gasteiger partial charge in [-0.25, -0.2) is 9.59 Å². The van der Waals surface area contributed by atoms with Gasteiger partial charge in [0.25, 0.3) is 0 Å². The molecule has 4 N–H and O–H groups in total. The van der Waals surface area contributed by atoms with E-state index >= 15 is 0 Å². The van der Waals surface area contributed by atoms with Crippen LogP contribution in [0, 0.1) is 0 Å². The summed E-state index contributed by atoms with van der Waals surface area (Å²) in [6.45, 7) is 0.458. The molecule has 30 heavy (non-hydrogen) atoms. The van der Waals surface area contributed by atoms with Crippen LogP contribution in [0.3, 0.4) is 0 Å². The minimum Gasteiger partial charge on any atom is -0.336 e. The SMILES string of the molecule is O=C(NCCCCNC(=O)N(O)c1cc(Cl)ccc1Cl)N(O)c1cc(Cl)ccc1Cl. The zero-order valence-corrected chi connectivity index (χ0v) is 18.4. The highest BCUT2D eigenvalue weighted by Gasteiger charge is 2.17. The summed E-state index contributed by atoms with van der Waals surface area (Å²) in [6, 6.07) is 7.12. The molecule has 2 aromatic carbocycles. The summed E-state index contributed by atoms with van der Waals surface area (Å²) in [7, 11) is 0. The summed E-state index contributed by atoms with van der Waals surface area (Å²) < 4.78 is 0. The quantitative estimate of drug-likeness (QED) is 0.228. The summed E-state index contributed by atoms with van der Waals surface area (Å²) in [6.07, 6.45) is 0.985. The van der Waals surface area contributed by atoms with Crippen LogP contribution in [0.2, 0.25) is 20.1 Å². The Bertz CT molecular complexity index is 842. The summed E-state index contributed by atoms with van der Waals surface area (Å²) in [4.78, 5) is 24.0. The number of urea groups is 2. The lowest BCUT2D eigenvalue weighted by molar-refractivity contribution is 0.203. The van der Waals surface area contributed by atoms with Gasteiger partial charge in [0.15, 0.2) is 0 Å². The van der Waals surface area contributed by atoms with Gasteiger partial charge in [0.2, 0.25) is 0 Å². The standard InChI is InChI=1S/C18H18Cl4N4O4/c19-11-3-5-13(21)15(9-11)25(29)17(27)23-7-1-2-8-24-18(28)26(30)16-10-12(20)4-6-14(16)22/h3-6,9-10,29-30H,1-2,7-8H2,(H,23,27)(H,24,28). The van der Waals surface area contributed by atoms with Crippen molar-refractivity contribution in [1.29, 1.82) is 0 Å². The first-order chi connectivity index (χ1) is 14.2. The maximum Gasteiger partial charge on any atom is 0.346 e. The van der Waals surface area contributed by atoms with Crippen LogP contribution in [0.15, 0.2) is 36.4 Å². The Kier molecular flexibility index (Phi) is 9.29. The molecule has 0 unspecified atom stereocenters. The van der Waals surface area contributed by atoms with Gasteiger partial charge in [-0.3, -0.25) is 10.4 Å². The molecule has 0 aliphatic rings. The smallest absolute Gasteiger partial charge is 0.336 e. The highest BCUT2D eigenvalue weighted by atomic mass is 35.5. The second kappa shape index (κ2) is 11.5. The summed E-state index contributed by atoms with van der Waals surface area (Å²) in [5, 5.41) is 26.6. The van der Waals surface area contributed by atoms with E-state index in [2.05, 4.69) is 10.6 Å². The third-order valence-electron chi connectivity index (χ3n) is 3.81. The zero-order valence-electron chi connectivity index (χ0n) is 15.4. The van der Waals surface area contributed by atoms with Crippen molar-refractivity contribution in [3.05, 3.63) is 56.5 Å². The van der Waals surface area contributed by atoms with Crippen molar-refractivity contribution in [2.24, 2.45) is 0 Å². The van der Waals surface area contributed by atoms with Gasteiger partial charge in [-0.1, -0.05) is 46.4 Å². The Morgan fingerprint density at radius 2 is 1.10 bits per heavy atom. The minimum absolute atomic E-state index is 0.0524. The molecule has 2 aromatic rings. The number of carbonyl (C=O) groups excluding carboxylic acids is 2. The van der Waals surface area contributed by atoms with E-state index in [1.165, 1.54) is 36.4 Å². The Labute approximate surface area is 192 Å². The largest absolute Gasteiger partial charge is 0.346 e. The first kappa shape index (κ1) is 24.3. The number of unbranched alkanes of at least 4 members (excludes halogenated alkanes) is 1. The monoisotopic (exact) mass is 494 g/mol. The maximum absolute atomic E-state index is 12.0. The Hall–Kier alpha value is -1.94. The molecular formula is C18H18Cl4N4O4. The van der Waals surface area contributed by atoms with Gasteiger partial charge in [-0.05, 0) is 49.2 Å². The molecule has 0 bridgehead atoms. The van der Waals surface area contributed by atoms with Crippen molar-refractivity contribution >= 4 is 69.8 Å². The van der Waals surface area contributed by atoms with Gasteiger partial charge in [0.1, 0.15) is 0 Å². The molecule has 2 rings (SSSR count). The van der Waals surface area contributed by atoms with E-state index in [1.807, 2.05) is 0 Å². The van der Waals surface area contributed by atoms with Crippen LogP contribution >= 0.6 is 46.4 Å². The molecule has 0 aromatic heterocycles. The van der Waals surface area contributed by atoms with E-state index in [0.717, 1.165) is 0 Å². The van der Waals surface area contributed by atoms with Gasteiger partial charge >= 0.3 is 12.1 Å². The second-order valence-electron chi connectivity index (χ2n) is 5.99. The molecular weight excluding hydrogens is 478 g/mol. The first-order valence-electron chi connectivity index (χ1n) is 8.64. The maximum atomic E-state index is 12.0. The second-order valence-corrected chi connectivity index (χ2v) is 7.67. The predicted octanol–water partition coefficient (Wildman–Crippen LogP) is 5.59. The van der Waals surface area contributed by atoms with E-state index < -0.39 is 12.1 Å². The summed E-state index contributed by atoms with van der Waals surface area (Å²) >= 11 is 23.5. The zero-order chi connectivity index (χ0) is 22.3. The number of anilines is 2. The Balaban J connectivity index is 1.71. The third kappa shape index (κ3) is 6.80. The van der Waals surface area contributed by atoms with Gasteiger partial charge in [-0.2, -0.15) is 10.1 Å². The number of nitrogens with one attached hydrogen (secondary N) is 2. The number of carbonyl (C=O) groups is 2. The van der Waals surface area contributed by atoms with E-state index in [9.17, 15) is 20.0 Å². The average molecular weight is 496 g/mol. The molecule has 162 valence electrons. The van der Waals surface area contributed by atoms with Gasteiger partial charge in [-0.15, -0.1) is 0 Å². The number of rotatable bonds is 7. The highest BCUT2D eigenvalue weighted by molar-refractivity contribution is 6.36. The molecule has 4 amide bonds. The molecule has 0 fully saturated rings. The Morgan fingerprint density at radius 1 is 0.733 bits per heavy atom. The van der Waals surface area contributed by atoms with Crippen LogP contribution in [0.5, 0.6) is 0 Å². The van der Waals surface area contributed by atoms with Gasteiger partial charge in [0, 0.05) is 23.1 Å². The molecule has 0 spiro atoms. The van der Waals surface area contributed by atoms with Crippen molar-refractivity contribution in [3.63, 3.8) is 0 Å². The fraction of sp³-hybridized carbons (Fsp3) is 0.222. The van der Waals surface area contributed by atoms with Crippen LogP contribution in [0.1, 0.15) is 12.8 Å². The van der Waals surface area contributed by atoms with E-state index in [4.69, 9.17) is 46.4 Å². The molecule has 0 heterocycles. The van der Waals surface area contributed by atoms with Crippen LogP contribution in [-0.2, 0) is 0 Å². The molecule has 0 saturated heterocycles. The van der Waals surface area contributed by atoms with Crippen LogP contribution in [0.25, 0.3) is 0 Å². The number of hydrogen-bond donors (Lipinski definition) is 4. The number of hydrogen-bond acceptors (Lipinski definition) is 4. The van der Waals surface area contributed by atoms with Crippen LogP contribution in [0.4, 0.5) is 21.0 Å². The summed E-state index contributed by atoms with van der Waals surface area (Å²) in [5.41, 5.74) is 0.105. The number of nitrogens with zero attached hydrogens (tertiary/aromatic N) is 2. The van der Waals surface area contributed by atoms with Crippen LogP contribution in [-0.4, -0.2) is 35.6 Å². The molecule has 0 saturated carbocycles. The number of hydroxylamine groups is 2. The van der Waals surface area contributed by atoms with Gasteiger partial charge < -0.3 is 10.6 Å². The van der Waals surface area contributed by atoms with Gasteiger partial charge in [0.05, 0.1) is 21.4 Å². The first-order valence-corrected chi connectivity index (χ1v) is 10.2. The lowest BCUT2D eigenvalue weighted by Crippen LogP contribution is -2.39. The summed E-state index contributed by atoms with van der Waals surface area (Å²) in [5.74, 6) is 0. The lowest BCUT2D eigenvalue weighted by atomic mass is 10.3. The molecule has 0 aliphatic carbocycles. The van der Waals surface area contributed by atoms with Crippen molar-refractivity contribution in [3.8, 4) is 0 Å². The van der Waals surface area contributed by atoms with E-state index in [1.54, 1.807) is 0 Å². The van der Waals surface area contributed by atoms with Crippen molar-refractivity contribution in [2.45, 2.75) is 12.8 Å². The highest BCUT2D eigenvalue weighted by Crippen LogP contribution is 2.29. The number of benzene rings is 2. The lowest BCUT2D eigenvalue weighted by Gasteiger charge is -2.18. The minimum atomic E-state index is -0.777.